The van der Waals surface area contributed by atoms with Crippen molar-refractivity contribution in [2.45, 2.75) is 31.6 Å². The summed E-state index contributed by atoms with van der Waals surface area (Å²) in [6.45, 7) is 4.40. The summed E-state index contributed by atoms with van der Waals surface area (Å²) in [6.07, 6.45) is 5.07. The van der Waals surface area contributed by atoms with Gasteiger partial charge in [0.05, 0.1) is 6.54 Å². The van der Waals surface area contributed by atoms with Crippen LogP contribution in [0.4, 0.5) is 0 Å². The molecule has 1 saturated carbocycles. The van der Waals surface area contributed by atoms with Crippen molar-refractivity contribution in [3.63, 3.8) is 0 Å². The predicted molar refractivity (Wildman–Crippen MR) is 128 cm³/mol. The molecule has 2 N–H and O–H groups in total. The van der Waals surface area contributed by atoms with Crippen molar-refractivity contribution in [2.75, 3.05) is 19.6 Å². The molecule has 2 heterocycles. The third-order valence-corrected chi connectivity index (χ3v) is 5.44. The number of aromatic nitrogens is 3. The molecule has 1 aliphatic carbocycles. The van der Waals surface area contributed by atoms with E-state index < -0.39 is 0 Å². The van der Waals surface area contributed by atoms with Crippen molar-refractivity contribution in [1.82, 2.24) is 25.2 Å². The Morgan fingerprint density at radius 3 is 2.79 bits per heavy atom. The van der Waals surface area contributed by atoms with Crippen LogP contribution in [0.1, 0.15) is 31.2 Å². The molecular formula is C21H26ClIN6. The van der Waals surface area contributed by atoms with Crippen LogP contribution in [0.15, 0.2) is 53.7 Å². The number of hydrogen-bond donors (Lipinski definition) is 2. The first-order chi connectivity index (χ1) is 13.7. The zero-order valence-electron chi connectivity index (χ0n) is 16.4. The van der Waals surface area contributed by atoms with Crippen molar-refractivity contribution in [2.24, 2.45) is 4.99 Å². The van der Waals surface area contributed by atoms with Crippen LogP contribution in [0.25, 0.3) is 5.65 Å². The number of rotatable bonds is 7. The highest BCUT2D eigenvalue weighted by Crippen LogP contribution is 2.48. The van der Waals surface area contributed by atoms with Gasteiger partial charge in [0, 0.05) is 36.1 Å². The van der Waals surface area contributed by atoms with Gasteiger partial charge in [0.15, 0.2) is 11.6 Å². The molecule has 29 heavy (non-hydrogen) atoms. The number of fused-ring (bicyclic) bond motifs is 1. The smallest absolute Gasteiger partial charge is 0.191 e. The SMILES string of the molecule is CCNC(=NCC1(c2cccc(Cl)c2)CC1)NCCc1nnc2ccccn12.I. The molecule has 3 aromatic rings. The summed E-state index contributed by atoms with van der Waals surface area (Å²) in [7, 11) is 0. The number of aliphatic imine (C=N–C) groups is 1. The lowest BCUT2D eigenvalue weighted by Crippen LogP contribution is -2.39. The van der Waals surface area contributed by atoms with Gasteiger partial charge < -0.3 is 10.6 Å². The average molecular weight is 525 g/mol. The topological polar surface area (TPSA) is 66.6 Å². The number of nitrogens with zero attached hydrogens (tertiary/aromatic N) is 4. The summed E-state index contributed by atoms with van der Waals surface area (Å²) in [6, 6.07) is 14.1. The van der Waals surface area contributed by atoms with Crippen LogP contribution >= 0.6 is 35.6 Å². The van der Waals surface area contributed by atoms with Crippen molar-refractivity contribution < 1.29 is 0 Å². The maximum atomic E-state index is 6.18. The predicted octanol–water partition coefficient (Wildman–Crippen LogP) is 3.83. The second kappa shape index (κ2) is 9.75. The zero-order valence-corrected chi connectivity index (χ0v) is 19.5. The largest absolute Gasteiger partial charge is 0.357 e. The summed E-state index contributed by atoms with van der Waals surface area (Å²) in [5.74, 6) is 1.78. The van der Waals surface area contributed by atoms with Gasteiger partial charge in [0.2, 0.25) is 0 Å². The second-order valence-electron chi connectivity index (χ2n) is 7.21. The van der Waals surface area contributed by atoms with Crippen LogP contribution in [0.3, 0.4) is 0 Å². The van der Waals surface area contributed by atoms with Crippen LogP contribution in [0.2, 0.25) is 5.02 Å². The fourth-order valence-corrected chi connectivity index (χ4v) is 3.62. The number of halogens is 2. The first-order valence-corrected chi connectivity index (χ1v) is 10.1. The van der Waals surface area contributed by atoms with E-state index in [4.69, 9.17) is 16.6 Å². The van der Waals surface area contributed by atoms with Gasteiger partial charge in [-0.2, -0.15) is 0 Å². The molecule has 0 aliphatic heterocycles. The first kappa shape index (κ1) is 21.8. The summed E-state index contributed by atoms with van der Waals surface area (Å²) >= 11 is 6.18. The number of hydrogen-bond acceptors (Lipinski definition) is 3. The number of nitrogens with one attached hydrogen (secondary N) is 2. The van der Waals surface area contributed by atoms with E-state index in [1.807, 2.05) is 40.9 Å². The van der Waals surface area contributed by atoms with E-state index in [1.165, 1.54) is 5.56 Å². The molecule has 0 atom stereocenters. The Balaban J connectivity index is 0.00000240. The molecule has 1 fully saturated rings. The molecule has 1 aromatic carbocycles. The quantitative estimate of drug-likeness (QED) is 0.280. The maximum Gasteiger partial charge on any atom is 0.191 e. The highest BCUT2D eigenvalue weighted by molar-refractivity contribution is 14.0. The lowest BCUT2D eigenvalue weighted by Gasteiger charge is -2.16. The van der Waals surface area contributed by atoms with E-state index in [0.29, 0.717) is 0 Å². The molecule has 0 radical (unpaired) electrons. The Hall–Kier alpha value is -1.87. The van der Waals surface area contributed by atoms with E-state index in [1.54, 1.807) is 0 Å². The molecule has 0 spiro atoms. The molecule has 4 rings (SSSR count). The molecule has 0 saturated heterocycles. The molecule has 2 aromatic heterocycles. The Morgan fingerprint density at radius 2 is 2.03 bits per heavy atom. The Labute approximate surface area is 193 Å². The minimum Gasteiger partial charge on any atom is -0.357 e. The molecule has 0 amide bonds. The number of benzene rings is 1. The molecule has 1 aliphatic rings. The van der Waals surface area contributed by atoms with Crippen LogP contribution in [-0.4, -0.2) is 40.2 Å². The lowest BCUT2D eigenvalue weighted by atomic mass is 9.96. The molecule has 0 bridgehead atoms. The molecule has 6 nitrogen and oxygen atoms in total. The van der Waals surface area contributed by atoms with Gasteiger partial charge in [-0.05, 0) is 49.6 Å². The molecule has 8 heteroatoms. The normalized spacial score (nSPS) is 15.0. The Morgan fingerprint density at radius 1 is 1.17 bits per heavy atom. The van der Waals surface area contributed by atoms with Gasteiger partial charge in [-0.25, -0.2) is 0 Å². The summed E-state index contributed by atoms with van der Waals surface area (Å²) < 4.78 is 2.02. The van der Waals surface area contributed by atoms with Crippen LogP contribution in [0, 0.1) is 0 Å². The van der Waals surface area contributed by atoms with E-state index >= 15 is 0 Å². The van der Waals surface area contributed by atoms with E-state index in [-0.39, 0.29) is 29.4 Å². The van der Waals surface area contributed by atoms with Crippen molar-refractivity contribution in [3.05, 3.63) is 65.1 Å². The molecular weight excluding hydrogens is 499 g/mol. The maximum absolute atomic E-state index is 6.18. The highest BCUT2D eigenvalue weighted by atomic mass is 127. The number of pyridine rings is 1. The fourth-order valence-electron chi connectivity index (χ4n) is 3.43. The average Bonchev–Trinajstić information content (AvgIpc) is 3.40. The minimum absolute atomic E-state index is 0. The third-order valence-electron chi connectivity index (χ3n) is 5.20. The standard InChI is InChI=1S/C21H25ClN6.HI/c1-2-23-20(24-12-9-19-27-26-18-8-3-4-13-28(18)19)25-15-21(10-11-21)16-6-5-7-17(22)14-16;/h3-8,13-14H,2,9-12,15H2,1H3,(H2,23,24,25);1H. The zero-order chi connectivity index (χ0) is 19.4. The van der Waals surface area contributed by atoms with Crippen LogP contribution in [-0.2, 0) is 11.8 Å². The summed E-state index contributed by atoms with van der Waals surface area (Å²) in [5, 5.41) is 16.0. The van der Waals surface area contributed by atoms with Crippen molar-refractivity contribution in [3.8, 4) is 0 Å². The van der Waals surface area contributed by atoms with Gasteiger partial charge in [0.25, 0.3) is 0 Å². The van der Waals surface area contributed by atoms with E-state index in [9.17, 15) is 0 Å². The molecule has 0 unspecified atom stereocenters. The van der Waals surface area contributed by atoms with Crippen LogP contribution < -0.4 is 10.6 Å². The summed E-state index contributed by atoms with van der Waals surface area (Å²) in [5.41, 5.74) is 2.29. The Bertz CT molecular complexity index is 982. The lowest BCUT2D eigenvalue weighted by molar-refractivity contribution is 0.690. The van der Waals surface area contributed by atoms with Gasteiger partial charge >= 0.3 is 0 Å². The Kier molecular flexibility index (Phi) is 7.34. The van der Waals surface area contributed by atoms with Gasteiger partial charge in [-0.1, -0.05) is 29.8 Å². The second-order valence-corrected chi connectivity index (χ2v) is 7.64. The van der Waals surface area contributed by atoms with Crippen LogP contribution in [0.5, 0.6) is 0 Å². The van der Waals surface area contributed by atoms with Gasteiger partial charge in [-0.15, -0.1) is 34.2 Å². The fraction of sp³-hybridized carbons (Fsp3) is 0.381. The van der Waals surface area contributed by atoms with E-state index in [0.717, 1.165) is 61.4 Å². The van der Waals surface area contributed by atoms with Crippen molar-refractivity contribution in [1.29, 1.82) is 0 Å². The third kappa shape index (κ3) is 5.19. The van der Waals surface area contributed by atoms with Gasteiger partial charge in [0.1, 0.15) is 5.82 Å². The van der Waals surface area contributed by atoms with E-state index in [2.05, 4.69) is 39.9 Å². The summed E-state index contributed by atoms with van der Waals surface area (Å²) in [4.78, 5) is 4.84. The minimum atomic E-state index is 0. The molecule has 154 valence electrons. The van der Waals surface area contributed by atoms with Crippen molar-refractivity contribution >= 4 is 47.2 Å². The van der Waals surface area contributed by atoms with Gasteiger partial charge in [-0.3, -0.25) is 9.39 Å². The first-order valence-electron chi connectivity index (χ1n) is 9.77. The number of guanidine groups is 1. The monoisotopic (exact) mass is 524 g/mol. The highest BCUT2D eigenvalue weighted by Gasteiger charge is 2.44.